The van der Waals surface area contributed by atoms with Crippen molar-refractivity contribution in [3.8, 4) is 10.4 Å². The van der Waals surface area contributed by atoms with Gasteiger partial charge in [0.25, 0.3) is 0 Å². The number of hydrogen-bond acceptors (Lipinski definition) is 4. The van der Waals surface area contributed by atoms with Gasteiger partial charge in [0.15, 0.2) is 0 Å². The smallest absolute Gasteiger partial charge is 0.306 e. The highest BCUT2D eigenvalue weighted by Gasteiger charge is 2.29. The number of alkyl halides is 3. The highest BCUT2D eigenvalue weighted by atomic mass is 32.1. The summed E-state index contributed by atoms with van der Waals surface area (Å²) < 4.78 is 37.5. The van der Waals surface area contributed by atoms with E-state index in [4.69, 9.17) is 0 Å². The van der Waals surface area contributed by atoms with Crippen LogP contribution in [0.5, 0.6) is 0 Å². The van der Waals surface area contributed by atoms with Crippen molar-refractivity contribution < 1.29 is 13.2 Å². The summed E-state index contributed by atoms with van der Waals surface area (Å²) in [7, 11) is 0. The van der Waals surface area contributed by atoms with Crippen LogP contribution in [0, 0.1) is 0 Å². The van der Waals surface area contributed by atoms with Gasteiger partial charge in [-0.1, -0.05) is 12.1 Å². The third-order valence-electron chi connectivity index (χ3n) is 3.25. The molecule has 120 valence electrons. The van der Waals surface area contributed by atoms with Gasteiger partial charge in [-0.15, -0.1) is 11.3 Å². The van der Waals surface area contributed by atoms with Crippen molar-refractivity contribution in [2.24, 2.45) is 0 Å². The minimum atomic E-state index is -4.29. The van der Waals surface area contributed by atoms with Crippen LogP contribution in [0.1, 0.15) is 16.1 Å². The van der Waals surface area contributed by atoms with Crippen LogP contribution < -0.4 is 5.32 Å². The molecule has 0 atom stereocenters. The number of halogens is 3. The average molecular weight is 354 g/mol. The first-order valence-corrected chi connectivity index (χ1v) is 8.62. The Kier molecular flexibility index (Phi) is 4.79. The SMILES string of the molecule is FC(F)(F)c1ccc(CNCc2ncc(-c3ccsc3)s2)cc1. The lowest BCUT2D eigenvalue weighted by Crippen LogP contribution is -2.12. The zero-order valence-corrected chi connectivity index (χ0v) is 13.6. The Balaban J connectivity index is 1.53. The Bertz CT molecular complexity index is 746. The number of nitrogens with zero attached hydrogens (tertiary/aromatic N) is 1. The summed E-state index contributed by atoms with van der Waals surface area (Å²) in [6.45, 7) is 1.10. The molecule has 0 saturated heterocycles. The first kappa shape index (κ1) is 16.2. The van der Waals surface area contributed by atoms with Crippen molar-refractivity contribution in [2.45, 2.75) is 19.3 Å². The second-order valence-electron chi connectivity index (χ2n) is 4.93. The number of rotatable bonds is 5. The largest absolute Gasteiger partial charge is 0.416 e. The molecule has 0 radical (unpaired) electrons. The van der Waals surface area contributed by atoms with E-state index in [-0.39, 0.29) is 0 Å². The first-order valence-electron chi connectivity index (χ1n) is 6.86. The summed E-state index contributed by atoms with van der Waals surface area (Å²) in [5.74, 6) is 0. The maximum absolute atomic E-state index is 12.5. The van der Waals surface area contributed by atoms with Crippen LogP contribution in [-0.4, -0.2) is 4.98 Å². The second-order valence-corrected chi connectivity index (χ2v) is 6.82. The third-order valence-corrected chi connectivity index (χ3v) is 4.98. The molecule has 2 nitrogen and oxygen atoms in total. The fraction of sp³-hybridized carbons (Fsp3) is 0.188. The van der Waals surface area contributed by atoms with Crippen LogP contribution >= 0.6 is 22.7 Å². The molecule has 0 bridgehead atoms. The second kappa shape index (κ2) is 6.82. The zero-order valence-electron chi connectivity index (χ0n) is 11.9. The van der Waals surface area contributed by atoms with Gasteiger partial charge in [-0.3, -0.25) is 0 Å². The van der Waals surface area contributed by atoms with Gasteiger partial charge in [-0.05, 0) is 34.5 Å². The molecule has 0 fully saturated rings. The normalized spacial score (nSPS) is 11.8. The maximum Gasteiger partial charge on any atom is 0.416 e. The van der Waals surface area contributed by atoms with Crippen LogP contribution in [0.4, 0.5) is 13.2 Å². The van der Waals surface area contributed by atoms with E-state index >= 15 is 0 Å². The van der Waals surface area contributed by atoms with Crippen molar-refractivity contribution in [1.82, 2.24) is 10.3 Å². The van der Waals surface area contributed by atoms with Crippen LogP contribution in [0.3, 0.4) is 0 Å². The zero-order chi connectivity index (χ0) is 16.3. The molecule has 1 aromatic carbocycles. The van der Waals surface area contributed by atoms with Crippen molar-refractivity contribution in [1.29, 1.82) is 0 Å². The lowest BCUT2D eigenvalue weighted by atomic mass is 10.1. The standard InChI is InChI=1S/C16H13F3N2S2/c17-16(18,19)13-3-1-11(2-4-13)7-20-9-15-21-8-14(23-15)12-5-6-22-10-12/h1-6,8,10,20H,7,9H2. The van der Waals surface area contributed by atoms with Crippen LogP contribution in [-0.2, 0) is 19.3 Å². The Morgan fingerprint density at radius 1 is 1.04 bits per heavy atom. The molecule has 0 saturated carbocycles. The summed E-state index contributed by atoms with van der Waals surface area (Å²) in [6, 6.07) is 7.25. The molecule has 0 amide bonds. The highest BCUT2D eigenvalue weighted by Crippen LogP contribution is 2.29. The first-order chi connectivity index (χ1) is 11.0. The lowest BCUT2D eigenvalue weighted by molar-refractivity contribution is -0.137. The minimum Gasteiger partial charge on any atom is -0.306 e. The topological polar surface area (TPSA) is 24.9 Å². The van der Waals surface area contributed by atoms with E-state index in [0.717, 1.165) is 27.6 Å². The molecular formula is C16H13F3N2S2. The third kappa shape index (κ3) is 4.19. The molecule has 2 aromatic heterocycles. The Labute approximate surface area is 139 Å². The minimum absolute atomic E-state index is 0.505. The predicted molar refractivity (Wildman–Crippen MR) is 87.4 cm³/mol. The Morgan fingerprint density at radius 2 is 1.83 bits per heavy atom. The molecule has 0 aliphatic rings. The van der Waals surface area contributed by atoms with E-state index in [1.54, 1.807) is 22.7 Å². The van der Waals surface area contributed by atoms with Crippen LogP contribution in [0.2, 0.25) is 0 Å². The quantitative estimate of drug-likeness (QED) is 0.683. The van der Waals surface area contributed by atoms with E-state index in [2.05, 4.69) is 21.7 Å². The van der Waals surface area contributed by atoms with Crippen molar-refractivity contribution >= 4 is 22.7 Å². The Hall–Kier alpha value is -1.70. The molecule has 0 aliphatic heterocycles. The molecule has 2 heterocycles. The van der Waals surface area contributed by atoms with Gasteiger partial charge in [0.1, 0.15) is 5.01 Å². The molecule has 23 heavy (non-hydrogen) atoms. The van der Waals surface area contributed by atoms with Crippen molar-refractivity contribution in [3.63, 3.8) is 0 Å². The van der Waals surface area contributed by atoms with Crippen molar-refractivity contribution in [3.05, 3.63) is 63.4 Å². The molecule has 3 aromatic rings. The van der Waals surface area contributed by atoms with Crippen LogP contribution in [0.15, 0.2) is 47.3 Å². The molecule has 1 N–H and O–H groups in total. The summed E-state index contributed by atoms with van der Waals surface area (Å²) >= 11 is 3.26. The van der Waals surface area contributed by atoms with E-state index in [1.807, 2.05) is 11.6 Å². The van der Waals surface area contributed by atoms with Gasteiger partial charge >= 0.3 is 6.18 Å². The molecule has 3 rings (SSSR count). The molecule has 0 spiro atoms. The number of thiazole rings is 1. The van der Waals surface area contributed by atoms with E-state index < -0.39 is 11.7 Å². The Morgan fingerprint density at radius 3 is 2.48 bits per heavy atom. The predicted octanol–water partition coefficient (Wildman–Crippen LogP) is 5.18. The fourth-order valence-electron chi connectivity index (χ4n) is 2.06. The van der Waals surface area contributed by atoms with E-state index in [1.165, 1.54) is 17.7 Å². The van der Waals surface area contributed by atoms with Gasteiger partial charge in [0.05, 0.1) is 10.4 Å². The molecule has 0 aliphatic carbocycles. The van der Waals surface area contributed by atoms with E-state index in [9.17, 15) is 13.2 Å². The van der Waals surface area contributed by atoms with E-state index in [0.29, 0.717) is 13.1 Å². The average Bonchev–Trinajstić information content (AvgIpc) is 3.18. The number of thiophene rings is 1. The number of nitrogens with one attached hydrogen (secondary N) is 1. The molecule has 0 unspecified atom stereocenters. The summed E-state index contributed by atoms with van der Waals surface area (Å²) in [5.41, 5.74) is 1.36. The van der Waals surface area contributed by atoms with Gasteiger partial charge < -0.3 is 5.32 Å². The highest BCUT2D eigenvalue weighted by molar-refractivity contribution is 7.15. The monoisotopic (exact) mass is 354 g/mol. The summed E-state index contributed by atoms with van der Waals surface area (Å²) in [4.78, 5) is 5.48. The molecule has 7 heteroatoms. The van der Waals surface area contributed by atoms with Crippen molar-refractivity contribution in [2.75, 3.05) is 0 Å². The summed E-state index contributed by atoms with van der Waals surface area (Å²) in [5, 5.41) is 8.26. The van der Waals surface area contributed by atoms with Gasteiger partial charge in [0.2, 0.25) is 0 Å². The lowest BCUT2D eigenvalue weighted by Gasteiger charge is -2.08. The number of benzene rings is 1. The molecular weight excluding hydrogens is 341 g/mol. The van der Waals surface area contributed by atoms with Crippen LogP contribution in [0.25, 0.3) is 10.4 Å². The van der Waals surface area contributed by atoms with Gasteiger partial charge in [-0.25, -0.2) is 4.98 Å². The fourth-order valence-corrected chi connectivity index (χ4v) is 3.67. The number of hydrogen-bond donors (Lipinski definition) is 1. The van der Waals surface area contributed by atoms with Gasteiger partial charge in [0, 0.05) is 24.8 Å². The van der Waals surface area contributed by atoms with Gasteiger partial charge in [-0.2, -0.15) is 24.5 Å². The number of aromatic nitrogens is 1. The summed E-state index contributed by atoms with van der Waals surface area (Å²) in [6.07, 6.45) is -2.44. The maximum atomic E-state index is 12.5.